The molecule has 0 aromatic carbocycles. The van der Waals surface area contributed by atoms with Crippen molar-refractivity contribution in [1.29, 1.82) is 0 Å². The van der Waals surface area contributed by atoms with Crippen molar-refractivity contribution in [2.24, 2.45) is 17.3 Å². The maximum atomic E-state index is 12.5. The lowest BCUT2D eigenvalue weighted by molar-refractivity contribution is -0.361. The standard InChI is InChI=1S/C20H30O7/c1-10(9-21)13-7-18(24)16(4)8-14(22)27-15(20(18,26)12(13)3)19(25)11(2)5-6-17(16,19)23/h10-11,15,21,23-26H,5-9H2,1-4H3/t10-,11-,15-,16+,17+,18-,19-,20+/m1/s1. The maximum absolute atomic E-state index is 12.5. The van der Waals surface area contributed by atoms with Crippen molar-refractivity contribution in [1.82, 2.24) is 0 Å². The summed E-state index contributed by atoms with van der Waals surface area (Å²) in [7, 11) is 0. The Kier molecular flexibility index (Phi) is 3.67. The van der Waals surface area contributed by atoms with Crippen LogP contribution >= 0.6 is 0 Å². The maximum Gasteiger partial charge on any atom is 0.307 e. The molecule has 8 atom stereocenters. The zero-order valence-corrected chi connectivity index (χ0v) is 16.3. The van der Waals surface area contributed by atoms with Gasteiger partial charge in [0.05, 0.1) is 6.42 Å². The van der Waals surface area contributed by atoms with E-state index < -0.39 is 45.8 Å². The average Bonchev–Trinajstić information content (AvgIpc) is 2.93. The number of aliphatic hydroxyl groups is 5. The molecule has 27 heavy (non-hydrogen) atoms. The van der Waals surface area contributed by atoms with Gasteiger partial charge in [-0.15, -0.1) is 0 Å². The van der Waals surface area contributed by atoms with Crippen LogP contribution < -0.4 is 0 Å². The fourth-order valence-corrected chi connectivity index (χ4v) is 6.82. The normalized spacial score (nSPS) is 55.2. The highest BCUT2D eigenvalue weighted by Crippen LogP contribution is 2.73. The Morgan fingerprint density at radius 3 is 2.41 bits per heavy atom. The summed E-state index contributed by atoms with van der Waals surface area (Å²) in [5.74, 6) is -1.39. The smallest absolute Gasteiger partial charge is 0.307 e. The van der Waals surface area contributed by atoms with Gasteiger partial charge in [-0.2, -0.15) is 0 Å². The minimum atomic E-state index is -2.04. The molecule has 5 N–H and O–H groups in total. The van der Waals surface area contributed by atoms with Gasteiger partial charge in [-0.25, -0.2) is 0 Å². The molecule has 0 amide bonds. The van der Waals surface area contributed by atoms with Crippen LogP contribution in [0.2, 0.25) is 0 Å². The van der Waals surface area contributed by atoms with Crippen LogP contribution in [0.4, 0.5) is 0 Å². The van der Waals surface area contributed by atoms with Gasteiger partial charge in [0.15, 0.2) is 11.7 Å². The number of hydrogen-bond acceptors (Lipinski definition) is 7. The molecular formula is C20H30O7. The van der Waals surface area contributed by atoms with Gasteiger partial charge in [0, 0.05) is 24.4 Å². The number of carbonyl (C=O) groups is 1. The average molecular weight is 382 g/mol. The van der Waals surface area contributed by atoms with Crippen LogP contribution in [-0.2, 0) is 9.53 Å². The molecular weight excluding hydrogens is 352 g/mol. The number of hydrogen-bond donors (Lipinski definition) is 5. The molecule has 4 fully saturated rings. The second-order valence-electron chi connectivity index (χ2n) is 9.54. The van der Waals surface area contributed by atoms with E-state index in [1.54, 1.807) is 27.7 Å². The summed E-state index contributed by atoms with van der Waals surface area (Å²) in [5.41, 5.74) is -8.03. The minimum absolute atomic E-state index is 0.00741. The Balaban J connectivity index is 2.06. The van der Waals surface area contributed by atoms with Crippen molar-refractivity contribution in [3.63, 3.8) is 0 Å². The summed E-state index contributed by atoms with van der Waals surface area (Å²) in [6.45, 7) is 6.62. The molecule has 7 heteroatoms. The van der Waals surface area contributed by atoms with E-state index in [4.69, 9.17) is 4.74 Å². The first-order chi connectivity index (χ1) is 12.3. The second-order valence-corrected chi connectivity index (χ2v) is 9.54. The van der Waals surface area contributed by atoms with Crippen LogP contribution in [0.3, 0.4) is 0 Å². The highest BCUT2D eigenvalue weighted by Gasteiger charge is 2.88. The fourth-order valence-electron chi connectivity index (χ4n) is 6.82. The molecule has 2 saturated heterocycles. The summed E-state index contributed by atoms with van der Waals surface area (Å²) >= 11 is 0. The lowest BCUT2D eigenvalue weighted by Gasteiger charge is -2.66. The van der Waals surface area contributed by atoms with Crippen molar-refractivity contribution < 1.29 is 35.1 Å². The van der Waals surface area contributed by atoms with E-state index in [0.29, 0.717) is 17.6 Å². The lowest BCUT2D eigenvalue weighted by Crippen LogP contribution is -2.85. The molecule has 3 aliphatic carbocycles. The number of fused-ring (bicyclic) bond motifs is 2. The van der Waals surface area contributed by atoms with Crippen molar-refractivity contribution in [3.05, 3.63) is 11.1 Å². The van der Waals surface area contributed by atoms with E-state index in [0.717, 1.165) is 0 Å². The number of ether oxygens (including phenoxy) is 1. The predicted molar refractivity (Wildman–Crippen MR) is 94.4 cm³/mol. The first kappa shape index (κ1) is 19.3. The topological polar surface area (TPSA) is 127 Å². The molecule has 5 aliphatic rings. The first-order valence-electron chi connectivity index (χ1n) is 9.75. The molecule has 5 rings (SSSR count). The lowest BCUT2D eigenvalue weighted by atomic mass is 9.44. The fraction of sp³-hybridized carbons (Fsp3) is 0.850. The van der Waals surface area contributed by atoms with Crippen LogP contribution in [-0.4, -0.2) is 66.6 Å². The van der Waals surface area contributed by atoms with Gasteiger partial charge in [0.25, 0.3) is 0 Å². The van der Waals surface area contributed by atoms with Crippen LogP contribution in [0.25, 0.3) is 0 Å². The molecule has 0 aromatic heterocycles. The van der Waals surface area contributed by atoms with Crippen LogP contribution in [0.15, 0.2) is 11.1 Å². The molecule has 0 unspecified atom stereocenters. The summed E-state index contributed by atoms with van der Waals surface area (Å²) in [6, 6.07) is 0. The summed E-state index contributed by atoms with van der Waals surface area (Å²) in [5, 5.41) is 57.0. The van der Waals surface area contributed by atoms with E-state index >= 15 is 0 Å². The van der Waals surface area contributed by atoms with Gasteiger partial charge < -0.3 is 30.3 Å². The summed E-state index contributed by atoms with van der Waals surface area (Å²) < 4.78 is 5.58. The molecule has 7 nitrogen and oxygen atoms in total. The highest BCUT2D eigenvalue weighted by molar-refractivity contribution is 5.74. The van der Waals surface area contributed by atoms with E-state index in [9.17, 15) is 30.3 Å². The van der Waals surface area contributed by atoms with Crippen LogP contribution in [0.5, 0.6) is 0 Å². The van der Waals surface area contributed by atoms with Gasteiger partial charge >= 0.3 is 5.97 Å². The van der Waals surface area contributed by atoms with Gasteiger partial charge in [0.2, 0.25) is 0 Å². The summed E-state index contributed by atoms with van der Waals surface area (Å²) in [4.78, 5) is 12.5. The third-order valence-corrected chi connectivity index (χ3v) is 8.70. The zero-order chi connectivity index (χ0) is 20.2. The molecule has 0 aromatic rings. The number of rotatable bonds is 2. The van der Waals surface area contributed by atoms with Gasteiger partial charge in [-0.3, -0.25) is 4.79 Å². The molecule has 2 heterocycles. The Morgan fingerprint density at radius 1 is 1.19 bits per heavy atom. The van der Waals surface area contributed by atoms with Gasteiger partial charge in [0.1, 0.15) is 16.8 Å². The van der Waals surface area contributed by atoms with E-state index in [-0.39, 0.29) is 31.8 Å². The molecule has 2 saturated carbocycles. The van der Waals surface area contributed by atoms with Crippen molar-refractivity contribution in [2.75, 3.05) is 6.61 Å². The second kappa shape index (κ2) is 5.13. The Morgan fingerprint density at radius 2 is 1.81 bits per heavy atom. The minimum Gasteiger partial charge on any atom is -0.456 e. The number of carbonyl (C=O) groups excluding carboxylic acids is 1. The molecule has 0 spiro atoms. The Labute approximate surface area is 158 Å². The largest absolute Gasteiger partial charge is 0.456 e. The third kappa shape index (κ3) is 1.67. The monoisotopic (exact) mass is 382 g/mol. The van der Waals surface area contributed by atoms with Crippen LogP contribution in [0.1, 0.15) is 53.4 Å². The molecule has 2 bridgehead atoms. The zero-order valence-electron chi connectivity index (χ0n) is 16.3. The van der Waals surface area contributed by atoms with E-state index in [2.05, 4.69) is 0 Å². The number of aliphatic hydroxyl groups excluding tert-OH is 1. The van der Waals surface area contributed by atoms with Crippen molar-refractivity contribution in [2.45, 2.75) is 81.9 Å². The Hall–Kier alpha value is -0.990. The number of esters is 1. The third-order valence-electron chi connectivity index (χ3n) is 8.70. The molecule has 152 valence electrons. The van der Waals surface area contributed by atoms with Crippen molar-refractivity contribution >= 4 is 5.97 Å². The van der Waals surface area contributed by atoms with Gasteiger partial charge in [-0.05, 0) is 31.3 Å². The van der Waals surface area contributed by atoms with Crippen molar-refractivity contribution in [3.8, 4) is 0 Å². The SMILES string of the molecule is CC1=C([C@H](C)CO)C[C@@]2(O)[C@@]3(C)CC(=O)O[C@H]([C@]4(O)[C@H](C)CC[C@@]43O)[C@@]12O. The highest BCUT2D eigenvalue weighted by atomic mass is 16.6. The van der Waals surface area contributed by atoms with Gasteiger partial charge in [-0.1, -0.05) is 26.3 Å². The van der Waals surface area contributed by atoms with E-state index in [1.807, 2.05) is 0 Å². The first-order valence-corrected chi connectivity index (χ1v) is 9.75. The Bertz CT molecular complexity index is 749. The van der Waals surface area contributed by atoms with E-state index in [1.165, 1.54) is 0 Å². The predicted octanol–water partition coefficient (Wildman–Crippen LogP) is 0.0247. The van der Waals surface area contributed by atoms with Crippen LogP contribution in [0, 0.1) is 17.3 Å². The summed E-state index contributed by atoms with van der Waals surface area (Å²) in [6.07, 6.45) is -1.08. The molecule has 0 radical (unpaired) electrons. The molecule has 2 aliphatic heterocycles. The quantitative estimate of drug-likeness (QED) is 0.337.